The summed E-state index contributed by atoms with van der Waals surface area (Å²) in [5.74, 6) is 1.31. The van der Waals surface area contributed by atoms with Crippen LogP contribution in [0.15, 0.2) is 32.9 Å². The molecule has 2 rings (SSSR count). The number of unbranched alkanes of at least 4 members (excludes halogenated alkanes) is 1. The van der Waals surface area contributed by atoms with Gasteiger partial charge in [-0.3, -0.25) is 4.79 Å². The van der Waals surface area contributed by atoms with Crippen LogP contribution in [0.2, 0.25) is 0 Å². The van der Waals surface area contributed by atoms with Gasteiger partial charge in [-0.1, -0.05) is 67.3 Å². The monoisotopic (exact) mass is 367 g/mol. The molecule has 0 aliphatic rings. The maximum Gasteiger partial charge on any atom is 0.234 e. The van der Waals surface area contributed by atoms with E-state index in [1.165, 1.54) is 41.5 Å². The maximum atomic E-state index is 12.0. The van der Waals surface area contributed by atoms with E-state index in [1.807, 2.05) is 12.1 Å². The van der Waals surface area contributed by atoms with E-state index in [0.717, 1.165) is 26.5 Å². The number of hydrogen-bond acceptors (Lipinski definition) is 6. The molecular weight excluding hydrogens is 346 g/mol. The molecule has 0 saturated carbocycles. The third-order valence-electron chi connectivity index (χ3n) is 3.04. The zero-order valence-electron chi connectivity index (χ0n) is 13.4. The minimum Gasteiger partial charge on any atom is -0.325 e. The molecule has 0 aliphatic heterocycles. The van der Waals surface area contributed by atoms with Gasteiger partial charge in [-0.2, -0.15) is 0 Å². The lowest BCUT2D eigenvalue weighted by atomic mass is 10.1. The van der Waals surface area contributed by atoms with Crippen molar-refractivity contribution >= 4 is 46.5 Å². The first-order valence-corrected chi connectivity index (χ1v) is 10.5. The number of amides is 1. The Labute approximate surface area is 149 Å². The van der Waals surface area contributed by atoms with Crippen LogP contribution in [0, 0.1) is 0 Å². The Kier molecular flexibility index (Phi) is 7.91. The lowest BCUT2D eigenvalue weighted by Crippen LogP contribution is -2.13. The highest BCUT2D eigenvalue weighted by Gasteiger charge is 2.08. The smallest absolute Gasteiger partial charge is 0.234 e. The summed E-state index contributed by atoms with van der Waals surface area (Å²) in [5.41, 5.74) is 2.16. The summed E-state index contributed by atoms with van der Waals surface area (Å²) >= 11 is 4.64. The fourth-order valence-electron chi connectivity index (χ4n) is 1.90. The Balaban J connectivity index is 1.77. The van der Waals surface area contributed by atoms with E-state index in [0.29, 0.717) is 5.75 Å². The lowest BCUT2D eigenvalue weighted by molar-refractivity contribution is -0.113. The predicted molar refractivity (Wildman–Crippen MR) is 101 cm³/mol. The highest BCUT2D eigenvalue weighted by atomic mass is 32.2. The van der Waals surface area contributed by atoms with Gasteiger partial charge < -0.3 is 5.32 Å². The summed E-state index contributed by atoms with van der Waals surface area (Å²) in [6, 6.07) is 8.10. The molecule has 0 spiro atoms. The molecule has 7 heteroatoms. The number of benzene rings is 1. The molecule has 1 N–H and O–H groups in total. The number of carbonyl (C=O) groups excluding carboxylic acids is 1. The molecule has 2 aromatic rings. The first-order valence-electron chi connectivity index (χ1n) is 7.69. The number of nitrogens with one attached hydrogen (secondary N) is 1. The molecule has 0 saturated heterocycles. The highest BCUT2D eigenvalue weighted by molar-refractivity contribution is 8.03. The van der Waals surface area contributed by atoms with Crippen LogP contribution in [-0.2, 0) is 11.2 Å². The third-order valence-corrected chi connectivity index (χ3v) is 6.11. The molecule has 0 unspecified atom stereocenters. The molecule has 4 nitrogen and oxygen atoms in total. The molecule has 124 valence electrons. The topological polar surface area (TPSA) is 54.9 Å². The van der Waals surface area contributed by atoms with E-state index >= 15 is 0 Å². The standard InChI is InChI=1S/C16H21N3OS3/c1-3-5-6-12-7-9-13(10-8-12)17-14(20)11-22-16-19-18-15(23-16)21-4-2/h7-10H,3-6,11H2,1-2H3,(H,17,20). The van der Waals surface area contributed by atoms with Crippen LogP contribution in [0.4, 0.5) is 5.69 Å². The first kappa shape index (κ1) is 18.3. The summed E-state index contributed by atoms with van der Waals surface area (Å²) in [6.45, 7) is 4.27. The predicted octanol–water partition coefficient (Wildman–Crippen LogP) is 4.72. The van der Waals surface area contributed by atoms with Gasteiger partial charge in [0.15, 0.2) is 8.68 Å². The molecule has 1 amide bonds. The summed E-state index contributed by atoms with van der Waals surface area (Å²) in [5, 5.41) is 11.1. The van der Waals surface area contributed by atoms with Crippen molar-refractivity contribution in [1.82, 2.24) is 10.2 Å². The number of aromatic nitrogens is 2. The Morgan fingerprint density at radius 3 is 2.48 bits per heavy atom. The van der Waals surface area contributed by atoms with E-state index in [4.69, 9.17) is 0 Å². The van der Waals surface area contributed by atoms with Crippen molar-refractivity contribution in [3.05, 3.63) is 29.8 Å². The van der Waals surface area contributed by atoms with E-state index in [9.17, 15) is 4.79 Å². The van der Waals surface area contributed by atoms with Crippen molar-refractivity contribution < 1.29 is 4.79 Å². The molecule has 0 atom stereocenters. The molecule has 1 aromatic carbocycles. The number of hydrogen-bond donors (Lipinski definition) is 1. The minimum absolute atomic E-state index is 0.0174. The van der Waals surface area contributed by atoms with Crippen LogP contribution in [0.5, 0.6) is 0 Å². The fourth-order valence-corrected chi connectivity index (χ4v) is 4.61. The van der Waals surface area contributed by atoms with Crippen LogP contribution in [0.25, 0.3) is 0 Å². The molecule has 23 heavy (non-hydrogen) atoms. The van der Waals surface area contributed by atoms with Crippen molar-refractivity contribution in [2.24, 2.45) is 0 Å². The van der Waals surface area contributed by atoms with Crippen molar-refractivity contribution in [2.75, 3.05) is 16.8 Å². The second-order valence-electron chi connectivity index (χ2n) is 4.90. The van der Waals surface area contributed by atoms with Crippen molar-refractivity contribution in [2.45, 2.75) is 41.8 Å². The maximum absolute atomic E-state index is 12.0. The third kappa shape index (κ3) is 6.53. The van der Waals surface area contributed by atoms with Gasteiger partial charge in [0.2, 0.25) is 5.91 Å². The van der Waals surface area contributed by atoms with Gasteiger partial charge in [0.1, 0.15) is 0 Å². The molecular formula is C16H21N3OS3. The van der Waals surface area contributed by atoms with Gasteiger partial charge in [-0.05, 0) is 36.3 Å². The largest absolute Gasteiger partial charge is 0.325 e. The molecule has 0 radical (unpaired) electrons. The first-order chi connectivity index (χ1) is 11.2. The Bertz CT molecular complexity index is 613. The van der Waals surface area contributed by atoms with Gasteiger partial charge in [-0.25, -0.2) is 0 Å². The lowest BCUT2D eigenvalue weighted by Gasteiger charge is -2.05. The average Bonchev–Trinajstić information content (AvgIpc) is 3.00. The van der Waals surface area contributed by atoms with Gasteiger partial charge in [-0.15, -0.1) is 10.2 Å². The summed E-state index contributed by atoms with van der Waals surface area (Å²) < 4.78 is 1.80. The van der Waals surface area contributed by atoms with Crippen LogP contribution in [-0.4, -0.2) is 27.6 Å². The van der Waals surface area contributed by atoms with Crippen LogP contribution < -0.4 is 5.32 Å². The fraction of sp³-hybridized carbons (Fsp3) is 0.438. The summed E-state index contributed by atoms with van der Waals surface area (Å²) in [4.78, 5) is 12.0. The Hall–Kier alpha value is -1.05. The zero-order chi connectivity index (χ0) is 16.5. The van der Waals surface area contributed by atoms with E-state index in [2.05, 4.69) is 41.5 Å². The molecule has 0 fully saturated rings. The van der Waals surface area contributed by atoms with Gasteiger partial charge in [0, 0.05) is 5.69 Å². The van der Waals surface area contributed by atoms with E-state index < -0.39 is 0 Å². The normalized spacial score (nSPS) is 10.7. The summed E-state index contributed by atoms with van der Waals surface area (Å²) in [7, 11) is 0. The number of rotatable bonds is 9. The number of thioether (sulfide) groups is 2. The second kappa shape index (κ2) is 9.95. The van der Waals surface area contributed by atoms with Crippen LogP contribution >= 0.6 is 34.9 Å². The number of carbonyl (C=O) groups is 1. The van der Waals surface area contributed by atoms with Crippen LogP contribution in [0.3, 0.4) is 0 Å². The second-order valence-corrected chi connectivity index (χ2v) is 8.62. The number of aryl methyl sites for hydroxylation is 1. The van der Waals surface area contributed by atoms with E-state index in [1.54, 1.807) is 11.8 Å². The molecule has 1 aromatic heterocycles. The van der Waals surface area contributed by atoms with Gasteiger partial charge >= 0.3 is 0 Å². The molecule has 0 aliphatic carbocycles. The van der Waals surface area contributed by atoms with Crippen molar-refractivity contribution in [1.29, 1.82) is 0 Å². The minimum atomic E-state index is -0.0174. The Morgan fingerprint density at radius 2 is 1.83 bits per heavy atom. The van der Waals surface area contributed by atoms with E-state index in [-0.39, 0.29) is 5.91 Å². The van der Waals surface area contributed by atoms with Gasteiger partial charge in [0.25, 0.3) is 0 Å². The quantitative estimate of drug-likeness (QED) is 0.650. The number of nitrogens with zero attached hydrogens (tertiary/aromatic N) is 2. The highest BCUT2D eigenvalue weighted by Crippen LogP contribution is 2.28. The van der Waals surface area contributed by atoms with Crippen molar-refractivity contribution in [3.8, 4) is 0 Å². The SMILES string of the molecule is CCCCc1ccc(NC(=O)CSc2nnc(SCC)s2)cc1. The zero-order valence-corrected chi connectivity index (χ0v) is 15.8. The molecule has 1 heterocycles. The van der Waals surface area contributed by atoms with Gasteiger partial charge in [0.05, 0.1) is 5.75 Å². The summed E-state index contributed by atoms with van der Waals surface area (Å²) in [6.07, 6.45) is 3.48. The van der Waals surface area contributed by atoms with Crippen LogP contribution in [0.1, 0.15) is 32.3 Å². The average molecular weight is 368 g/mol. The number of anilines is 1. The van der Waals surface area contributed by atoms with Crippen molar-refractivity contribution in [3.63, 3.8) is 0 Å². The molecule has 0 bridgehead atoms. The Morgan fingerprint density at radius 1 is 1.13 bits per heavy atom.